The molecule has 2 nitrogen and oxygen atoms in total. The van der Waals surface area contributed by atoms with Crippen molar-refractivity contribution in [2.45, 2.75) is 25.7 Å². The molecule has 2 aromatic rings. The van der Waals surface area contributed by atoms with E-state index < -0.39 is 5.97 Å². The second kappa shape index (κ2) is 3.88. The number of benzene rings is 2. The van der Waals surface area contributed by atoms with Gasteiger partial charge in [0, 0.05) is 0 Å². The lowest BCUT2D eigenvalue weighted by atomic mass is 9.85. The lowest BCUT2D eigenvalue weighted by Crippen LogP contribution is -2.07. The molecule has 0 unspecified atom stereocenters. The normalized spacial score (nSPS) is 14.6. The molecular formula is C15H14O2. The molecule has 1 aliphatic carbocycles. The first-order chi connectivity index (χ1) is 8.27. The van der Waals surface area contributed by atoms with Gasteiger partial charge in [-0.1, -0.05) is 24.3 Å². The molecule has 86 valence electrons. The molecule has 0 saturated carbocycles. The molecule has 0 fully saturated rings. The third-order valence-corrected chi connectivity index (χ3v) is 3.60. The maximum Gasteiger partial charge on any atom is 0.336 e. The minimum Gasteiger partial charge on any atom is -0.478 e. The summed E-state index contributed by atoms with van der Waals surface area (Å²) in [7, 11) is 0. The highest BCUT2D eigenvalue weighted by Gasteiger charge is 2.17. The van der Waals surface area contributed by atoms with Crippen LogP contribution in [0.2, 0.25) is 0 Å². The van der Waals surface area contributed by atoms with E-state index in [-0.39, 0.29) is 0 Å². The summed E-state index contributed by atoms with van der Waals surface area (Å²) >= 11 is 0. The van der Waals surface area contributed by atoms with Crippen LogP contribution in [0.4, 0.5) is 0 Å². The van der Waals surface area contributed by atoms with Crippen LogP contribution >= 0.6 is 0 Å². The average molecular weight is 226 g/mol. The van der Waals surface area contributed by atoms with Crippen LogP contribution < -0.4 is 0 Å². The Bertz CT molecular complexity index is 599. The van der Waals surface area contributed by atoms with Gasteiger partial charge in [-0.05, 0) is 53.6 Å². The number of hydrogen-bond donors (Lipinski definition) is 1. The quantitative estimate of drug-likeness (QED) is 0.809. The minimum atomic E-state index is -0.824. The molecule has 0 spiro atoms. The Kier molecular flexibility index (Phi) is 2.36. The molecule has 0 bridgehead atoms. The summed E-state index contributed by atoms with van der Waals surface area (Å²) in [4.78, 5) is 11.3. The molecule has 0 radical (unpaired) electrons. The molecule has 0 amide bonds. The molecular weight excluding hydrogens is 212 g/mol. The molecule has 2 aromatic carbocycles. The zero-order valence-electron chi connectivity index (χ0n) is 9.57. The van der Waals surface area contributed by atoms with Crippen LogP contribution in [0.3, 0.4) is 0 Å². The third kappa shape index (κ3) is 1.60. The highest BCUT2D eigenvalue weighted by atomic mass is 16.4. The van der Waals surface area contributed by atoms with Gasteiger partial charge in [0.25, 0.3) is 0 Å². The van der Waals surface area contributed by atoms with E-state index in [4.69, 9.17) is 0 Å². The van der Waals surface area contributed by atoms with Crippen LogP contribution in [-0.4, -0.2) is 11.1 Å². The van der Waals surface area contributed by atoms with Gasteiger partial charge in [-0.15, -0.1) is 0 Å². The molecule has 0 aromatic heterocycles. The average Bonchev–Trinajstić information content (AvgIpc) is 2.37. The van der Waals surface area contributed by atoms with Crippen LogP contribution in [0.25, 0.3) is 10.8 Å². The van der Waals surface area contributed by atoms with Gasteiger partial charge in [-0.2, -0.15) is 0 Å². The second-order valence-electron chi connectivity index (χ2n) is 4.62. The van der Waals surface area contributed by atoms with Crippen LogP contribution in [0.5, 0.6) is 0 Å². The number of rotatable bonds is 1. The van der Waals surface area contributed by atoms with Crippen molar-refractivity contribution in [1.82, 2.24) is 0 Å². The van der Waals surface area contributed by atoms with E-state index >= 15 is 0 Å². The van der Waals surface area contributed by atoms with Gasteiger partial charge in [0.05, 0.1) is 5.56 Å². The monoisotopic (exact) mass is 226 g/mol. The minimum absolute atomic E-state index is 0.446. The SMILES string of the molecule is O=C(O)c1cc2c(c3ccccc13)CCCC2. The molecule has 0 heterocycles. The Morgan fingerprint density at radius 3 is 2.53 bits per heavy atom. The molecule has 0 atom stereocenters. The van der Waals surface area contributed by atoms with Crippen LogP contribution in [0, 0.1) is 0 Å². The van der Waals surface area contributed by atoms with Crippen molar-refractivity contribution in [3.05, 3.63) is 47.0 Å². The van der Waals surface area contributed by atoms with Crippen molar-refractivity contribution in [2.24, 2.45) is 0 Å². The Morgan fingerprint density at radius 1 is 1.06 bits per heavy atom. The predicted molar refractivity (Wildman–Crippen MR) is 67.5 cm³/mol. The fraction of sp³-hybridized carbons (Fsp3) is 0.267. The Balaban J connectivity index is 2.39. The van der Waals surface area contributed by atoms with Crippen LogP contribution in [-0.2, 0) is 12.8 Å². The fourth-order valence-electron chi connectivity index (χ4n) is 2.81. The number of carboxylic acids is 1. The standard InChI is InChI=1S/C15H14O2/c16-15(17)14-9-10-5-1-2-6-11(10)12-7-3-4-8-13(12)14/h3-4,7-9H,1-2,5-6H2,(H,16,17). The van der Waals surface area contributed by atoms with Crippen molar-refractivity contribution in [1.29, 1.82) is 0 Å². The predicted octanol–water partition coefficient (Wildman–Crippen LogP) is 3.42. The summed E-state index contributed by atoms with van der Waals surface area (Å²) in [6, 6.07) is 9.73. The largest absolute Gasteiger partial charge is 0.478 e. The maximum atomic E-state index is 11.3. The van der Waals surface area contributed by atoms with Crippen molar-refractivity contribution >= 4 is 16.7 Å². The molecule has 17 heavy (non-hydrogen) atoms. The highest BCUT2D eigenvalue weighted by molar-refractivity contribution is 6.05. The number of fused-ring (bicyclic) bond motifs is 3. The Hall–Kier alpha value is -1.83. The number of aromatic carboxylic acids is 1. The smallest absolute Gasteiger partial charge is 0.336 e. The van der Waals surface area contributed by atoms with E-state index in [2.05, 4.69) is 0 Å². The van der Waals surface area contributed by atoms with E-state index in [0.29, 0.717) is 5.56 Å². The van der Waals surface area contributed by atoms with E-state index in [9.17, 15) is 9.90 Å². The summed E-state index contributed by atoms with van der Waals surface area (Å²) in [5, 5.41) is 11.3. The van der Waals surface area contributed by atoms with E-state index in [1.165, 1.54) is 24.0 Å². The van der Waals surface area contributed by atoms with Gasteiger partial charge >= 0.3 is 5.97 Å². The molecule has 1 N–H and O–H groups in total. The van der Waals surface area contributed by atoms with Gasteiger partial charge in [0.1, 0.15) is 0 Å². The lowest BCUT2D eigenvalue weighted by molar-refractivity contribution is 0.0699. The van der Waals surface area contributed by atoms with Crippen molar-refractivity contribution < 1.29 is 9.90 Å². The topological polar surface area (TPSA) is 37.3 Å². The van der Waals surface area contributed by atoms with Crippen molar-refractivity contribution in [2.75, 3.05) is 0 Å². The molecule has 1 aliphatic rings. The maximum absolute atomic E-state index is 11.3. The van der Waals surface area contributed by atoms with E-state index in [1.807, 2.05) is 30.3 Å². The van der Waals surface area contributed by atoms with Gasteiger partial charge in [0.2, 0.25) is 0 Å². The first-order valence-electron chi connectivity index (χ1n) is 6.04. The van der Waals surface area contributed by atoms with Gasteiger partial charge in [-0.25, -0.2) is 4.79 Å². The zero-order chi connectivity index (χ0) is 11.8. The second-order valence-corrected chi connectivity index (χ2v) is 4.62. The lowest BCUT2D eigenvalue weighted by Gasteiger charge is -2.19. The van der Waals surface area contributed by atoms with Crippen molar-refractivity contribution in [3.8, 4) is 0 Å². The summed E-state index contributed by atoms with van der Waals surface area (Å²) in [5.74, 6) is -0.824. The fourth-order valence-corrected chi connectivity index (χ4v) is 2.81. The Morgan fingerprint density at radius 2 is 1.76 bits per heavy atom. The highest BCUT2D eigenvalue weighted by Crippen LogP contribution is 2.31. The molecule has 2 heteroatoms. The molecule has 0 aliphatic heterocycles. The Labute approximate surface area is 99.9 Å². The number of aryl methyl sites for hydroxylation is 2. The summed E-state index contributed by atoms with van der Waals surface area (Å²) < 4.78 is 0. The van der Waals surface area contributed by atoms with Crippen molar-refractivity contribution in [3.63, 3.8) is 0 Å². The van der Waals surface area contributed by atoms with Crippen LogP contribution in [0.1, 0.15) is 34.3 Å². The van der Waals surface area contributed by atoms with Gasteiger partial charge in [0.15, 0.2) is 0 Å². The van der Waals surface area contributed by atoms with E-state index in [0.717, 1.165) is 23.6 Å². The summed E-state index contributed by atoms with van der Waals surface area (Å²) in [6.45, 7) is 0. The summed E-state index contributed by atoms with van der Waals surface area (Å²) in [5.41, 5.74) is 3.03. The van der Waals surface area contributed by atoms with Crippen LogP contribution in [0.15, 0.2) is 30.3 Å². The first-order valence-corrected chi connectivity index (χ1v) is 6.04. The first kappa shape index (κ1) is 10.3. The van der Waals surface area contributed by atoms with E-state index in [1.54, 1.807) is 0 Å². The molecule has 3 rings (SSSR count). The number of hydrogen-bond acceptors (Lipinski definition) is 1. The third-order valence-electron chi connectivity index (χ3n) is 3.60. The number of carbonyl (C=O) groups is 1. The van der Waals surface area contributed by atoms with Gasteiger partial charge < -0.3 is 5.11 Å². The molecule has 0 saturated heterocycles. The number of carboxylic acid groups (broad SMARTS) is 1. The van der Waals surface area contributed by atoms with Gasteiger partial charge in [-0.3, -0.25) is 0 Å². The summed E-state index contributed by atoms with van der Waals surface area (Å²) in [6.07, 6.45) is 4.48. The zero-order valence-corrected chi connectivity index (χ0v) is 9.57.